The third-order valence-corrected chi connectivity index (χ3v) is 5.46. The third-order valence-electron chi connectivity index (χ3n) is 5.46. The average molecular weight is 324 g/mol. The van der Waals surface area contributed by atoms with Crippen LogP contribution in [-0.2, 0) is 15.6 Å². The van der Waals surface area contributed by atoms with Gasteiger partial charge in [0.05, 0.1) is 11.5 Å². The van der Waals surface area contributed by atoms with Crippen molar-refractivity contribution in [1.29, 1.82) is 0 Å². The van der Waals surface area contributed by atoms with E-state index in [1.807, 2.05) is 45.0 Å². The zero-order valence-electron chi connectivity index (χ0n) is 13.9. The number of hydrogen-bond acceptors (Lipinski definition) is 2. The van der Waals surface area contributed by atoms with E-state index in [1.165, 1.54) is 12.1 Å². The lowest BCUT2D eigenvalue weighted by Crippen LogP contribution is -2.42. The van der Waals surface area contributed by atoms with Gasteiger partial charge < -0.3 is 10.2 Å². The summed E-state index contributed by atoms with van der Waals surface area (Å²) in [6, 6.07) is 14.4. The topological polar surface area (TPSA) is 74.6 Å². The van der Waals surface area contributed by atoms with Crippen molar-refractivity contribution >= 4 is 11.9 Å². The van der Waals surface area contributed by atoms with Gasteiger partial charge in [-0.15, -0.1) is 0 Å². The minimum atomic E-state index is -0.992. The number of carbonyl (C=O) groups is 2. The maximum atomic E-state index is 12.2. The van der Waals surface area contributed by atoms with Crippen LogP contribution in [0.4, 0.5) is 0 Å². The van der Waals surface area contributed by atoms with Crippen molar-refractivity contribution in [3.05, 3.63) is 70.8 Å². The van der Waals surface area contributed by atoms with Gasteiger partial charge in [0.1, 0.15) is 0 Å². The van der Waals surface area contributed by atoms with Crippen molar-refractivity contribution < 1.29 is 19.8 Å². The van der Waals surface area contributed by atoms with Gasteiger partial charge in [0.2, 0.25) is 0 Å². The Morgan fingerprint density at radius 3 is 1.92 bits per heavy atom. The molecule has 0 saturated heterocycles. The zero-order chi connectivity index (χ0) is 17.7. The van der Waals surface area contributed by atoms with Gasteiger partial charge in [0.15, 0.2) is 0 Å². The fourth-order valence-corrected chi connectivity index (χ4v) is 4.37. The number of aromatic carboxylic acids is 1. The van der Waals surface area contributed by atoms with Crippen molar-refractivity contribution in [2.45, 2.75) is 31.6 Å². The van der Waals surface area contributed by atoms with Gasteiger partial charge in [-0.25, -0.2) is 4.79 Å². The minimum absolute atomic E-state index is 0.194. The normalized spacial score (nSPS) is 24.4. The molecule has 124 valence electrons. The molecule has 0 spiro atoms. The SMILES string of the molecule is CC1(C)c2ccccc2[C@](C)(c2ccc(C(=O)O)cc2)C1C(=O)O. The van der Waals surface area contributed by atoms with Gasteiger partial charge in [-0.2, -0.15) is 0 Å². The Balaban J connectivity index is 2.26. The van der Waals surface area contributed by atoms with E-state index in [-0.39, 0.29) is 5.56 Å². The summed E-state index contributed by atoms with van der Waals surface area (Å²) in [5.41, 5.74) is 1.79. The van der Waals surface area contributed by atoms with Gasteiger partial charge in [0.25, 0.3) is 0 Å². The Kier molecular flexibility index (Phi) is 3.52. The third kappa shape index (κ3) is 2.06. The molecule has 4 heteroatoms. The molecule has 0 saturated carbocycles. The Morgan fingerprint density at radius 2 is 1.42 bits per heavy atom. The van der Waals surface area contributed by atoms with Gasteiger partial charge in [0, 0.05) is 10.8 Å². The van der Waals surface area contributed by atoms with Crippen LogP contribution in [0.5, 0.6) is 0 Å². The molecule has 0 aromatic heterocycles. The van der Waals surface area contributed by atoms with E-state index in [4.69, 9.17) is 5.11 Å². The second-order valence-corrected chi connectivity index (χ2v) is 7.12. The molecular weight excluding hydrogens is 304 g/mol. The number of aliphatic carboxylic acids is 1. The second-order valence-electron chi connectivity index (χ2n) is 7.12. The minimum Gasteiger partial charge on any atom is -0.481 e. The fourth-order valence-electron chi connectivity index (χ4n) is 4.37. The Hall–Kier alpha value is -2.62. The lowest BCUT2D eigenvalue weighted by Gasteiger charge is -2.36. The predicted octanol–water partition coefficient (Wildman–Crippen LogP) is 3.68. The van der Waals surface area contributed by atoms with Crippen LogP contribution in [0.25, 0.3) is 0 Å². The first-order valence-electron chi connectivity index (χ1n) is 7.87. The van der Waals surface area contributed by atoms with E-state index >= 15 is 0 Å². The Labute approximate surface area is 140 Å². The van der Waals surface area contributed by atoms with E-state index in [1.54, 1.807) is 12.1 Å². The summed E-state index contributed by atoms with van der Waals surface area (Å²) in [5.74, 6) is -2.48. The molecule has 0 amide bonds. The monoisotopic (exact) mass is 324 g/mol. The van der Waals surface area contributed by atoms with Crippen molar-refractivity contribution in [1.82, 2.24) is 0 Å². The van der Waals surface area contributed by atoms with Crippen molar-refractivity contribution in [2.24, 2.45) is 5.92 Å². The summed E-state index contributed by atoms with van der Waals surface area (Å²) < 4.78 is 0. The first-order chi connectivity index (χ1) is 11.2. The summed E-state index contributed by atoms with van der Waals surface area (Å²) in [7, 11) is 0. The van der Waals surface area contributed by atoms with E-state index in [0.29, 0.717) is 0 Å². The van der Waals surface area contributed by atoms with Crippen molar-refractivity contribution in [3.8, 4) is 0 Å². The van der Waals surface area contributed by atoms with E-state index in [2.05, 4.69) is 0 Å². The Morgan fingerprint density at radius 1 is 0.875 bits per heavy atom. The standard InChI is InChI=1S/C20H20O4/c1-19(2)14-6-4-5-7-15(14)20(3,16(19)18(23)24)13-10-8-12(9-11-13)17(21)22/h4-11,16H,1-3H3,(H,21,22)(H,23,24)/t16?,20-/m0/s1. The maximum Gasteiger partial charge on any atom is 0.335 e. The zero-order valence-corrected chi connectivity index (χ0v) is 13.9. The van der Waals surface area contributed by atoms with E-state index < -0.39 is 28.7 Å². The van der Waals surface area contributed by atoms with E-state index in [9.17, 15) is 14.7 Å². The lowest BCUT2D eigenvalue weighted by molar-refractivity contribution is -0.145. The fraction of sp³-hybridized carbons (Fsp3) is 0.300. The summed E-state index contributed by atoms with van der Waals surface area (Å²) in [6.45, 7) is 5.86. The highest BCUT2D eigenvalue weighted by Gasteiger charge is 2.57. The first-order valence-corrected chi connectivity index (χ1v) is 7.87. The van der Waals surface area contributed by atoms with Crippen LogP contribution in [0.15, 0.2) is 48.5 Å². The predicted molar refractivity (Wildman–Crippen MR) is 90.4 cm³/mol. The van der Waals surface area contributed by atoms with Crippen LogP contribution < -0.4 is 0 Å². The molecule has 4 nitrogen and oxygen atoms in total. The van der Waals surface area contributed by atoms with Crippen LogP contribution in [0.2, 0.25) is 0 Å². The summed E-state index contributed by atoms with van der Waals surface area (Å²) in [4.78, 5) is 23.2. The molecule has 24 heavy (non-hydrogen) atoms. The number of carboxylic acids is 2. The van der Waals surface area contributed by atoms with Crippen molar-refractivity contribution in [3.63, 3.8) is 0 Å². The molecule has 2 N–H and O–H groups in total. The number of fused-ring (bicyclic) bond motifs is 1. The molecule has 1 aliphatic rings. The van der Waals surface area contributed by atoms with Crippen LogP contribution in [0.1, 0.15) is 47.8 Å². The number of hydrogen-bond donors (Lipinski definition) is 2. The number of carboxylic acid groups (broad SMARTS) is 2. The van der Waals surface area contributed by atoms with Crippen LogP contribution >= 0.6 is 0 Å². The average Bonchev–Trinajstić information content (AvgIpc) is 2.72. The molecule has 0 bridgehead atoms. The second kappa shape index (κ2) is 5.20. The van der Waals surface area contributed by atoms with Gasteiger partial charge >= 0.3 is 11.9 Å². The molecule has 2 atom stereocenters. The highest BCUT2D eigenvalue weighted by atomic mass is 16.4. The van der Waals surface area contributed by atoms with Crippen LogP contribution in [-0.4, -0.2) is 22.2 Å². The van der Waals surface area contributed by atoms with Crippen LogP contribution in [0, 0.1) is 5.92 Å². The van der Waals surface area contributed by atoms with Crippen molar-refractivity contribution in [2.75, 3.05) is 0 Å². The molecule has 3 rings (SSSR count). The molecule has 2 aromatic carbocycles. The van der Waals surface area contributed by atoms with Crippen LogP contribution in [0.3, 0.4) is 0 Å². The smallest absolute Gasteiger partial charge is 0.335 e. The molecular formula is C20H20O4. The lowest BCUT2D eigenvalue weighted by atomic mass is 9.66. The number of rotatable bonds is 3. The maximum absolute atomic E-state index is 12.2. The highest BCUT2D eigenvalue weighted by Crippen LogP contribution is 2.56. The first kappa shape index (κ1) is 16.2. The molecule has 0 heterocycles. The highest BCUT2D eigenvalue weighted by molar-refractivity contribution is 5.87. The quantitative estimate of drug-likeness (QED) is 0.903. The Bertz CT molecular complexity index is 820. The van der Waals surface area contributed by atoms with Gasteiger partial charge in [-0.3, -0.25) is 4.79 Å². The molecule has 0 radical (unpaired) electrons. The largest absolute Gasteiger partial charge is 0.481 e. The summed E-state index contributed by atoms with van der Waals surface area (Å²) in [5, 5.41) is 19.1. The summed E-state index contributed by atoms with van der Waals surface area (Å²) in [6.07, 6.45) is 0. The van der Waals surface area contributed by atoms with Gasteiger partial charge in [-0.1, -0.05) is 57.2 Å². The molecule has 1 aliphatic carbocycles. The molecule has 2 aromatic rings. The molecule has 0 aliphatic heterocycles. The molecule has 1 unspecified atom stereocenters. The van der Waals surface area contributed by atoms with E-state index in [0.717, 1.165) is 16.7 Å². The summed E-state index contributed by atoms with van der Waals surface area (Å²) >= 11 is 0. The van der Waals surface area contributed by atoms with Gasteiger partial charge in [-0.05, 0) is 28.8 Å². The number of benzene rings is 2. The molecule has 0 fully saturated rings.